The van der Waals surface area contributed by atoms with Crippen molar-refractivity contribution in [2.45, 2.75) is 35.9 Å². The number of carboxylic acid groups (broad SMARTS) is 2. The topological polar surface area (TPSA) is 116 Å². The number of nitrogens with one attached hydrogen (secondary N) is 1. The van der Waals surface area contributed by atoms with Gasteiger partial charge in [-0.25, -0.2) is 9.97 Å². The lowest BCUT2D eigenvalue weighted by atomic mass is 9.96. The molecule has 0 amide bonds. The summed E-state index contributed by atoms with van der Waals surface area (Å²) in [6.07, 6.45) is 4.09. The Balaban J connectivity index is 2.03. The number of carboxylic acids is 2. The Hall–Kier alpha value is -1.74. The summed E-state index contributed by atoms with van der Waals surface area (Å²) in [4.78, 5) is 33.7. The van der Waals surface area contributed by atoms with E-state index in [1.165, 1.54) is 5.56 Å². The number of aryl methyl sites for hydroxylation is 2. The van der Waals surface area contributed by atoms with Crippen LogP contribution in [0.15, 0.2) is 10.2 Å². The van der Waals surface area contributed by atoms with Gasteiger partial charge in [0.2, 0.25) is 0 Å². The second-order valence-corrected chi connectivity index (χ2v) is 7.10. The van der Waals surface area contributed by atoms with Gasteiger partial charge in [0, 0.05) is 5.69 Å². The zero-order chi connectivity index (χ0) is 16.4. The summed E-state index contributed by atoms with van der Waals surface area (Å²) in [6.45, 7) is 0. The van der Waals surface area contributed by atoms with E-state index in [1.807, 2.05) is 0 Å². The van der Waals surface area contributed by atoms with Crippen LogP contribution in [-0.2, 0) is 22.4 Å². The third-order valence-corrected chi connectivity index (χ3v) is 5.34. The molecule has 7 nitrogen and oxygen atoms in total. The Labute approximate surface area is 140 Å². The molecule has 1 aliphatic rings. The molecule has 0 fully saturated rings. The maximum atomic E-state index is 10.9. The first-order valence-corrected chi connectivity index (χ1v) is 9.12. The Morgan fingerprint density at radius 1 is 1.04 bits per heavy atom. The minimum atomic E-state index is -0.941. The van der Waals surface area contributed by atoms with Gasteiger partial charge in [-0.2, -0.15) is 0 Å². The third kappa shape index (κ3) is 3.61. The fourth-order valence-electron chi connectivity index (χ4n) is 2.67. The third-order valence-electron chi connectivity index (χ3n) is 3.55. The molecule has 0 saturated heterocycles. The normalized spacial score (nSPS) is 13.9. The van der Waals surface area contributed by atoms with Crippen LogP contribution >= 0.6 is 23.5 Å². The standard InChI is InChI=1S/C14H15N3O4S2/c18-9(19)5-22-13-11-7-3-1-2-4-8(7)15-12(11)16-14(17-13)23-6-10(20)21/h1-6H2,(H,18,19)(H,20,21)(H,15,16,17). The van der Waals surface area contributed by atoms with Gasteiger partial charge < -0.3 is 15.2 Å². The molecule has 2 aromatic heterocycles. The highest BCUT2D eigenvalue weighted by Gasteiger charge is 2.21. The van der Waals surface area contributed by atoms with Crippen LogP contribution in [0.2, 0.25) is 0 Å². The first-order chi connectivity index (χ1) is 11.0. The molecular weight excluding hydrogens is 338 g/mol. The van der Waals surface area contributed by atoms with Gasteiger partial charge in [-0.3, -0.25) is 9.59 Å². The Kier molecular flexibility index (Phi) is 4.76. The maximum Gasteiger partial charge on any atom is 0.313 e. The maximum absolute atomic E-state index is 10.9. The average molecular weight is 353 g/mol. The molecule has 3 rings (SSSR count). The minimum Gasteiger partial charge on any atom is -0.481 e. The molecule has 0 unspecified atom stereocenters. The monoisotopic (exact) mass is 353 g/mol. The number of aliphatic carboxylic acids is 2. The number of rotatable bonds is 6. The first-order valence-electron chi connectivity index (χ1n) is 7.15. The summed E-state index contributed by atoms with van der Waals surface area (Å²) in [5.74, 6) is -2.07. The van der Waals surface area contributed by atoms with Crippen LogP contribution in [0.1, 0.15) is 24.1 Å². The van der Waals surface area contributed by atoms with Crippen molar-refractivity contribution in [3.63, 3.8) is 0 Å². The zero-order valence-corrected chi connectivity index (χ0v) is 13.8. The molecule has 9 heteroatoms. The van der Waals surface area contributed by atoms with Crippen molar-refractivity contribution < 1.29 is 19.8 Å². The molecule has 3 N–H and O–H groups in total. The van der Waals surface area contributed by atoms with Crippen LogP contribution in [0.3, 0.4) is 0 Å². The second-order valence-electron chi connectivity index (χ2n) is 5.19. The van der Waals surface area contributed by atoms with Gasteiger partial charge in [0.1, 0.15) is 10.7 Å². The fraction of sp³-hybridized carbons (Fsp3) is 0.429. The molecule has 2 aromatic rings. The number of hydrogen-bond donors (Lipinski definition) is 3. The Morgan fingerprint density at radius 3 is 2.48 bits per heavy atom. The summed E-state index contributed by atoms with van der Waals surface area (Å²) in [6, 6.07) is 0. The molecule has 0 saturated carbocycles. The van der Waals surface area contributed by atoms with E-state index < -0.39 is 11.9 Å². The van der Waals surface area contributed by atoms with Crippen LogP contribution in [0.25, 0.3) is 11.0 Å². The van der Waals surface area contributed by atoms with E-state index in [4.69, 9.17) is 10.2 Å². The van der Waals surface area contributed by atoms with Crippen molar-refractivity contribution in [1.82, 2.24) is 15.0 Å². The van der Waals surface area contributed by atoms with E-state index in [2.05, 4.69) is 15.0 Å². The highest BCUT2D eigenvalue weighted by atomic mass is 32.2. The molecule has 1 aliphatic carbocycles. The smallest absolute Gasteiger partial charge is 0.313 e. The summed E-state index contributed by atoms with van der Waals surface area (Å²) in [5.41, 5.74) is 2.99. The van der Waals surface area contributed by atoms with E-state index in [0.29, 0.717) is 15.8 Å². The van der Waals surface area contributed by atoms with E-state index in [0.717, 1.165) is 60.3 Å². The summed E-state index contributed by atoms with van der Waals surface area (Å²) < 4.78 is 0. The van der Waals surface area contributed by atoms with Gasteiger partial charge in [-0.1, -0.05) is 23.5 Å². The van der Waals surface area contributed by atoms with Gasteiger partial charge in [0.05, 0.1) is 16.9 Å². The number of hydrogen-bond acceptors (Lipinski definition) is 6. The molecule has 0 atom stereocenters. The highest BCUT2D eigenvalue weighted by Crippen LogP contribution is 2.35. The molecule has 0 bridgehead atoms. The highest BCUT2D eigenvalue weighted by molar-refractivity contribution is 8.00. The van der Waals surface area contributed by atoms with Gasteiger partial charge in [0.25, 0.3) is 0 Å². The van der Waals surface area contributed by atoms with Crippen LogP contribution < -0.4 is 0 Å². The SMILES string of the molecule is O=C(O)CSc1nc(SCC(=O)O)c2c3c([nH]c2n1)CCCC3. The Bertz CT molecular complexity index is 775. The summed E-state index contributed by atoms with van der Waals surface area (Å²) in [5, 5.41) is 19.6. The molecule has 0 aliphatic heterocycles. The van der Waals surface area contributed by atoms with Gasteiger partial charge in [-0.15, -0.1) is 0 Å². The van der Waals surface area contributed by atoms with Crippen molar-refractivity contribution in [3.8, 4) is 0 Å². The first kappa shape index (κ1) is 16.1. The van der Waals surface area contributed by atoms with Gasteiger partial charge in [-0.05, 0) is 31.2 Å². The van der Waals surface area contributed by atoms with E-state index in [1.54, 1.807) is 0 Å². The quantitative estimate of drug-likeness (QED) is 0.411. The molecule has 0 spiro atoms. The lowest BCUT2D eigenvalue weighted by Gasteiger charge is -2.11. The van der Waals surface area contributed by atoms with Crippen molar-refractivity contribution in [2.24, 2.45) is 0 Å². The molecule has 0 radical (unpaired) electrons. The van der Waals surface area contributed by atoms with Crippen LogP contribution in [0, 0.1) is 0 Å². The minimum absolute atomic E-state index is 0.0882. The predicted octanol–water partition coefficient (Wildman–Crippen LogP) is 2.19. The van der Waals surface area contributed by atoms with Crippen molar-refractivity contribution >= 4 is 46.5 Å². The van der Waals surface area contributed by atoms with Gasteiger partial charge in [0.15, 0.2) is 5.16 Å². The number of H-pyrrole nitrogens is 1. The molecule has 23 heavy (non-hydrogen) atoms. The number of thioether (sulfide) groups is 2. The van der Waals surface area contributed by atoms with E-state index in [9.17, 15) is 9.59 Å². The Morgan fingerprint density at radius 2 is 1.74 bits per heavy atom. The number of aromatic amines is 1. The zero-order valence-electron chi connectivity index (χ0n) is 12.2. The fourth-order valence-corrected chi connectivity index (χ4v) is 4.07. The van der Waals surface area contributed by atoms with Crippen molar-refractivity contribution in [3.05, 3.63) is 11.3 Å². The predicted molar refractivity (Wildman–Crippen MR) is 87.3 cm³/mol. The number of aromatic nitrogens is 3. The van der Waals surface area contributed by atoms with Gasteiger partial charge >= 0.3 is 11.9 Å². The van der Waals surface area contributed by atoms with Crippen LogP contribution in [0.4, 0.5) is 0 Å². The lowest BCUT2D eigenvalue weighted by Crippen LogP contribution is -2.03. The number of fused-ring (bicyclic) bond motifs is 3. The van der Waals surface area contributed by atoms with Crippen molar-refractivity contribution in [1.29, 1.82) is 0 Å². The average Bonchev–Trinajstić information content (AvgIpc) is 2.89. The lowest BCUT2D eigenvalue weighted by molar-refractivity contribution is -0.134. The van der Waals surface area contributed by atoms with E-state index in [-0.39, 0.29) is 11.5 Å². The molecule has 2 heterocycles. The molecular formula is C14H15N3O4S2. The number of nitrogens with zero attached hydrogens (tertiary/aromatic N) is 2. The summed E-state index contributed by atoms with van der Waals surface area (Å²) >= 11 is 2.19. The summed E-state index contributed by atoms with van der Waals surface area (Å²) in [7, 11) is 0. The molecule has 0 aromatic carbocycles. The largest absolute Gasteiger partial charge is 0.481 e. The van der Waals surface area contributed by atoms with Crippen LogP contribution in [0.5, 0.6) is 0 Å². The van der Waals surface area contributed by atoms with E-state index >= 15 is 0 Å². The second kappa shape index (κ2) is 6.79. The van der Waals surface area contributed by atoms with Crippen LogP contribution in [-0.4, -0.2) is 48.6 Å². The molecule has 122 valence electrons. The van der Waals surface area contributed by atoms with Crippen molar-refractivity contribution in [2.75, 3.05) is 11.5 Å². The number of carbonyl (C=O) groups is 2.